The number of carbonyl (C=O) groups excluding carboxylic acids is 1. The molecule has 0 aromatic rings. The number of carboxylic acid groups (broad SMARTS) is 3. The van der Waals surface area contributed by atoms with Crippen molar-refractivity contribution >= 4 is 23.9 Å². The van der Waals surface area contributed by atoms with Crippen LogP contribution >= 0.6 is 0 Å². The molecule has 0 radical (unpaired) electrons. The smallest absolute Gasteiger partial charge is 0.330 e. The lowest BCUT2D eigenvalue weighted by atomic mass is 10.3. The molecule has 0 saturated carbocycles. The third kappa shape index (κ3) is 31.7. The van der Waals surface area contributed by atoms with Gasteiger partial charge in [-0.1, -0.05) is 13.2 Å². The Labute approximate surface area is 122 Å². The van der Waals surface area contributed by atoms with E-state index < -0.39 is 17.9 Å². The van der Waals surface area contributed by atoms with Gasteiger partial charge in [0.25, 0.3) is 0 Å². The van der Waals surface area contributed by atoms with Gasteiger partial charge in [-0.15, -0.1) is 0 Å². The van der Waals surface area contributed by atoms with Crippen LogP contribution in [0.3, 0.4) is 0 Å². The Balaban J connectivity index is -0.000000234. The lowest BCUT2D eigenvalue weighted by Crippen LogP contribution is -2.00. The zero-order chi connectivity index (χ0) is 17.4. The van der Waals surface area contributed by atoms with E-state index in [9.17, 15) is 19.2 Å². The third-order valence-corrected chi connectivity index (χ3v) is 1.37. The first-order chi connectivity index (χ1) is 9.58. The Kier molecular flexibility index (Phi) is 17.2. The number of esters is 1. The van der Waals surface area contributed by atoms with Crippen molar-refractivity contribution in [3.63, 3.8) is 0 Å². The van der Waals surface area contributed by atoms with Crippen LogP contribution in [0.15, 0.2) is 24.8 Å². The van der Waals surface area contributed by atoms with Crippen LogP contribution in [0.4, 0.5) is 0 Å². The molecule has 0 aromatic heterocycles. The topological polar surface area (TPSA) is 138 Å². The number of carboxylic acids is 3. The monoisotopic (exact) mass is 304 g/mol. The molecule has 0 aliphatic rings. The number of hydrogen-bond donors (Lipinski definition) is 3. The fourth-order valence-electron chi connectivity index (χ4n) is 0.415. The summed E-state index contributed by atoms with van der Waals surface area (Å²) in [6, 6.07) is 0. The molecular weight excluding hydrogens is 284 g/mol. The van der Waals surface area contributed by atoms with Crippen molar-refractivity contribution in [2.24, 2.45) is 0 Å². The van der Waals surface area contributed by atoms with E-state index in [2.05, 4.69) is 17.9 Å². The van der Waals surface area contributed by atoms with Gasteiger partial charge in [-0.2, -0.15) is 0 Å². The summed E-state index contributed by atoms with van der Waals surface area (Å²) in [5.74, 6) is -3.45. The fraction of sp³-hybridized carbons (Fsp3) is 0.385. The second kappa shape index (κ2) is 15.4. The van der Waals surface area contributed by atoms with Crippen LogP contribution in [-0.2, 0) is 23.9 Å². The van der Waals surface area contributed by atoms with Crippen molar-refractivity contribution < 1.29 is 39.2 Å². The van der Waals surface area contributed by atoms with Gasteiger partial charge in [-0.25, -0.2) is 9.59 Å². The molecule has 0 unspecified atom stereocenters. The Morgan fingerprint density at radius 3 is 1.48 bits per heavy atom. The van der Waals surface area contributed by atoms with Gasteiger partial charge in [-0.3, -0.25) is 9.59 Å². The Morgan fingerprint density at radius 2 is 1.38 bits per heavy atom. The molecule has 0 aromatic carbocycles. The SMILES string of the molecule is C=C(C)C(=O)O.C=CC(=O)OCC.O=C(O)CCC(=O)O. The molecule has 0 aliphatic carbocycles. The molecule has 0 atom stereocenters. The zero-order valence-electron chi connectivity index (χ0n) is 12.0. The average Bonchev–Trinajstić information content (AvgIpc) is 2.38. The van der Waals surface area contributed by atoms with Gasteiger partial charge in [0.05, 0.1) is 19.4 Å². The molecule has 3 N–H and O–H groups in total. The highest BCUT2D eigenvalue weighted by atomic mass is 16.5. The summed E-state index contributed by atoms with van der Waals surface area (Å²) >= 11 is 0. The van der Waals surface area contributed by atoms with Crippen LogP contribution in [0.5, 0.6) is 0 Å². The third-order valence-electron chi connectivity index (χ3n) is 1.37. The van der Waals surface area contributed by atoms with Crippen molar-refractivity contribution in [1.29, 1.82) is 0 Å². The van der Waals surface area contributed by atoms with E-state index in [0.717, 1.165) is 6.08 Å². The van der Waals surface area contributed by atoms with Crippen molar-refractivity contribution in [3.8, 4) is 0 Å². The summed E-state index contributed by atoms with van der Waals surface area (Å²) in [5, 5.41) is 23.7. The van der Waals surface area contributed by atoms with Crippen molar-refractivity contribution in [3.05, 3.63) is 24.8 Å². The molecule has 8 nitrogen and oxygen atoms in total. The molecule has 0 rings (SSSR count). The largest absolute Gasteiger partial charge is 0.481 e. The first-order valence-electron chi connectivity index (χ1n) is 5.69. The van der Waals surface area contributed by atoms with E-state index in [-0.39, 0.29) is 24.4 Å². The van der Waals surface area contributed by atoms with E-state index in [1.54, 1.807) is 6.92 Å². The Morgan fingerprint density at radius 1 is 1.05 bits per heavy atom. The lowest BCUT2D eigenvalue weighted by Gasteiger charge is -1.90. The highest BCUT2D eigenvalue weighted by molar-refractivity contribution is 5.84. The van der Waals surface area contributed by atoms with Gasteiger partial charge in [-0.05, 0) is 13.8 Å². The maximum Gasteiger partial charge on any atom is 0.330 e. The fourth-order valence-corrected chi connectivity index (χ4v) is 0.415. The van der Waals surface area contributed by atoms with Crippen molar-refractivity contribution in [2.75, 3.05) is 6.61 Å². The van der Waals surface area contributed by atoms with E-state index in [1.165, 1.54) is 6.92 Å². The molecule has 0 fully saturated rings. The number of carbonyl (C=O) groups is 4. The Hall–Kier alpha value is -2.64. The minimum atomic E-state index is -1.08. The highest BCUT2D eigenvalue weighted by Crippen LogP contribution is 1.86. The predicted octanol–water partition coefficient (Wildman–Crippen LogP) is 1.32. The second-order valence-corrected chi connectivity index (χ2v) is 3.33. The molecule has 0 amide bonds. The van der Waals surface area contributed by atoms with Crippen LogP contribution in [0.2, 0.25) is 0 Å². The molecule has 0 heterocycles. The maximum absolute atomic E-state index is 10.1. The summed E-state index contributed by atoms with van der Waals surface area (Å²) in [6.45, 7) is 9.98. The summed E-state index contributed by atoms with van der Waals surface area (Å²) < 4.78 is 4.43. The first kappa shape index (κ1) is 23.5. The molecule has 0 spiro atoms. The van der Waals surface area contributed by atoms with Gasteiger partial charge >= 0.3 is 23.9 Å². The minimum Gasteiger partial charge on any atom is -0.481 e. The van der Waals surface area contributed by atoms with Crippen LogP contribution in [0.1, 0.15) is 26.7 Å². The highest BCUT2D eigenvalue weighted by Gasteiger charge is 2.00. The first-order valence-corrected chi connectivity index (χ1v) is 5.69. The van der Waals surface area contributed by atoms with E-state index in [0.29, 0.717) is 6.61 Å². The van der Waals surface area contributed by atoms with Crippen molar-refractivity contribution in [1.82, 2.24) is 0 Å². The van der Waals surface area contributed by atoms with Gasteiger partial charge in [0, 0.05) is 11.6 Å². The summed E-state index contributed by atoms with van der Waals surface area (Å²) in [6.07, 6.45) is 0.550. The number of ether oxygens (including phenoxy) is 1. The molecular formula is C13H20O8. The predicted molar refractivity (Wildman–Crippen MR) is 73.8 cm³/mol. The van der Waals surface area contributed by atoms with E-state index in [1.807, 2.05) is 0 Å². The van der Waals surface area contributed by atoms with Gasteiger partial charge in [0.2, 0.25) is 0 Å². The van der Waals surface area contributed by atoms with Gasteiger partial charge < -0.3 is 20.1 Å². The van der Waals surface area contributed by atoms with Gasteiger partial charge in [0.15, 0.2) is 0 Å². The quantitative estimate of drug-likeness (QED) is 0.493. The summed E-state index contributed by atoms with van der Waals surface area (Å²) in [4.78, 5) is 39.0. The molecule has 120 valence electrons. The number of rotatable bonds is 6. The average molecular weight is 304 g/mol. The van der Waals surface area contributed by atoms with Gasteiger partial charge in [0.1, 0.15) is 0 Å². The lowest BCUT2D eigenvalue weighted by molar-refractivity contribution is -0.143. The van der Waals surface area contributed by atoms with E-state index >= 15 is 0 Å². The van der Waals surface area contributed by atoms with Crippen LogP contribution in [-0.4, -0.2) is 45.8 Å². The Bertz CT molecular complexity index is 358. The second-order valence-electron chi connectivity index (χ2n) is 3.33. The molecule has 0 bridgehead atoms. The summed E-state index contributed by atoms with van der Waals surface area (Å²) in [5.41, 5.74) is 0.176. The zero-order valence-corrected chi connectivity index (χ0v) is 12.0. The van der Waals surface area contributed by atoms with Crippen LogP contribution in [0.25, 0.3) is 0 Å². The maximum atomic E-state index is 10.1. The summed E-state index contributed by atoms with van der Waals surface area (Å²) in [7, 11) is 0. The molecule has 21 heavy (non-hydrogen) atoms. The van der Waals surface area contributed by atoms with Crippen LogP contribution in [0, 0.1) is 0 Å². The molecule has 8 heteroatoms. The minimum absolute atomic E-state index is 0.176. The van der Waals surface area contributed by atoms with E-state index in [4.69, 9.17) is 15.3 Å². The number of aliphatic carboxylic acids is 3. The number of hydrogen-bond acceptors (Lipinski definition) is 5. The standard InChI is InChI=1S/C5H8O2.C4H6O4.C4H6O2/c1-3-5(6)7-4-2;5-3(6)1-2-4(7)8;1-3(2)4(5)6/h3H,1,4H2,2H3;1-2H2,(H,5,6)(H,7,8);1H2,2H3,(H,5,6). The molecule has 0 saturated heterocycles. The van der Waals surface area contributed by atoms with Crippen molar-refractivity contribution in [2.45, 2.75) is 26.7 Å². The normalized spacial score (nSPS) is 7.90. The van der Waals surface area contributed by atoms with Crippen LogP contribution < -0.4 is 0 Å². The molecule has 0 aliphatic heterocycles.